The smallest absolute Gasteiger partial charge is 0.287 e. The molecule has 1 amide bonds. The molecule has 1 heterocycles. The van der Waals surface area contributed by atoms with Crippen LogP contribution in [-0.2, 0) is 0 Å². The minimum atomic E-state index is -0.463. The maximum Gasteiger partial charge on any atom is 0.287 e. The summed E-state index contributed by atoms with van der Waals surface area (Å²) in [6.07, 6.45) is 2.62. The van der Waals surface area contributed by atoms with E-state index in [1.807, 2.05) is 0 Å². The number of rotatable bonds is 2. The largest absolute Gasteiger partial charge is 0.448 e. The fourth-order valence-electron chi connectivity index (χ4n) is 2.90. The molecule has 0 atom stereocenters. The lowest BCUT2D eigenvalue weighted by Crippen LogP contribution is -2.38. The zero-order valence-electron chi connectivity index (χ0n) is 11.9. The number of fused-ring (bicyclic) bond motifs is 1. The Hall–Kier alpha value is -1.88. The van der Waals surface area contributed by atoms with Gasteiger partial charge in [0.05, 0.1) is 6.10 Å². The number of aliphatic hydroxyl groups excluding tert-OH is 1. The Morgan fingerprint density at radius 2 is 2.05 bits per heavy atom. The predicted octanol–water partition coefficient (Wildman–Crippen LogP) is 2.91. The minimum Gasteiger partial charge on any atom is -0.448 e. The molecule has 0 spiro atoms. The summed E-state index contributed by atoms with van der Waals surface area (Å²) in [6.45, 7) is 1.75. The van der Waals surface area contributed by atoms with Crippen LogP contribution in [0.25, 0.3) is 11.0 Å². The van der Waals surface area contributed by atoms with Crippen LogP contribution in [-0.4, -0.2) is 23.2 Å². The molecule has 1 aromatic carbocycles. The van der Waals surface area contributed by atoms with Gasteiger partial charge in [-0.05, 0) is 38.7 Å². The van der Waals surface area contributed by atoms with Gasteiger partial charge in [0.2, 0.25) is 0 Å². The van der Waals surface area contributed by atoms with Crippen LogP contribution < -0.4 is 5.32 Å². The first-order valence-electron chi connectivity index (χ1n) is 7.23. The summed E-state index contributed by atoms with van der Waals surface area (Å²) < 4.78 is 19.1. The Morgan fingerprint density at radius 3 is 2.71 bits per heavy atom. The minimum absolute atomic E-state index is 0.0401. The van der Waals surface area contributed by atoms with Crippen LogP contribution in [0.5, 0.6) is 0 Å². The van der Waals surface area contributed by atoms with Crippen molar-refractivity contribution in [1.82, 2.24) is 5.32 Å². The summed E-state index contributed by atoms with van der Waals surface area (Å²) in [5.74, 6) is -0.610. The van der Waals surface area contributed by atoms with E-state index in [0.29, 0.717) is 23.8 Å². The Morgan fingerprint density at radius 1 is 1.33 bits per heavy atom. The maximum absolute atomic E-state index is 13.7. The van der Waals surface area contributed by atoms with Gasteiger partial charge >= 0.3 is 0 Å². The molecule has 1 fully saturated rings. The van der Waals surface area contributed by atoms with Crippen LogP contribution >= 0.6 is 0 Å². The third-order valence-corrected chi connectivity index (χ3v) is 4.15. The molecule has 2 aromatic rings. The molecular formula is C16H18FNO3. The number of hydrogen-bond donors (Lipinski definition) is 2. The summed E-state index contributed by atoms with van der Waals surface area (Å²) in [7, 11) is 0. The van der Waals surface area contributed by atoms with Gasteiger partial charge in [-0.1, -0.05) is 12.1 Å². The van der Waals surface area contributed by atoms with Crippen molar-refractivity contribution in [2.45, 2.75) is 44.8 Å². The quantitative estimate of drug-likeness (QED) is 0.894. The van der Waals surface area contributed by atoms with Crippen LogP contribution in [0.1, 0.15) is 41.8 Å². The summed E-state index contributed by atoms with van der Waals surface area (Å²) >= 11 is 0. The van der Waals surface area contributed by atoms with Crippen LogP contribution in [0.3, 0.4) is 0 Å². The molecule has 1 aliphatic carbocycles. The number of aryl methyl sites for hydroxylation is 1. The fourth-order valence-corrected chi connectivity index (χ4v) is 2.90. The van der Waals surface area contributed by atoms with Crippen molar-refractivity contribution < 1.29 is 18.7 Å². The Bertz CT molecular complexity index is 671. The number of halogens is 1. The fraction of sp³-hybridized carbons (Fsp3) is 0.438. The standard InChI is InChI=1S/C16H18FNO3/c1-9-12-3-2-4-13(17)15(12)21-14(9)16(20)18-10-5-7-11(19)8-6-10/h2-4,10-11,19H,5-8H2,1H3,(H,18,20). The number of hydrogen-bond acceptors (Lipinski definition) is 3. The number of benzene rings is 1. The molecule has 0 saturated heterocycles. The zero-order chi connectivity index (χ0) is 15.0. The van der Waals surface area contributed by atoms with Gasteiger partial charge in [0.25, 0.3) is 5.91 Å². The molecule has 0 radical (unpaired) electrons. The van der Waals surface area contributed by atoms with Crippen LogP contribution in [0.4, 0.5) is 4.39 Å². The summed E-state index contributed by atoms with van der Waals surface area (Å²) in [4.78, 5) is 12.3. The van der Waals surface area contributed by atoms with Crippen molar-refractivity contribution in [2.24, 2.45) is 0 Å². The van der Waals surface area contributed by atoms with Gasteiger partial charge in [0.1, 0.15) is 0 Å². The van der Waals surface area contributed by atoms with E-state index in [9.17, 15) is 14.3 Å². The van der Waals surface area contributed by atoms with Gasteiger partial charge in [-0.3, -0.25) is 4.79 Å². The molecule has 5 heteroatoms. The Labute approximate surface area is 121 Å². The average Bonchev–Trinajstić information content (AvgIpc) is 2.81. The number of furan rings is 1. The second kappa shape index (κ2) is 5.48. The average molecular weight is 291 g/mol. The normalized spacial score (nSPS) is 22.4. The van der Waals surface area contributed by atoms with E-state index in [2.05, 4.69) is 5.32 Å². The second-order valence-electron chi connectivity index (χ2n) is 5.65. The molecule has 0 aliphatic heterocycles. The molecule has 0 unspecified atom stereocenters. The highest BCUT2D eigenvalue weighted by molar-refractivity contribution is 5.99. The van der Waals surface area contributed by atoms with Crippen molar-refractivity contribution >= 4 is 16.9 Å². The third kappa shape index (κ3) is 2.65. The van der Waals surface area contributed by atoms with Crippen LogP contribution in [0.2, 0.25) is 0 Å². The van der Waals surface area contributed by atoms with E-state index in [1.54, 1.807) is 19.1 Å². The first-order chi connectivity index (χ1) is 10.1. The summed E-state index contributed by atoms with van der Waals surface area (Å²) in [6, 6.07) is 4.70. The highest BCUT2D eigenvalue weighted by Gasteiger charge is 2.24. The SMILES string of the molecule is Cc1c(C(=O)NC2CCC(O)CC2)oc2c(F)cccc12. The lowest BCUT2D eigenvalue weighted by Gasteiger charge is -2.25. The number of amides is 1. The second-order valence-corrected chi connectivity index (χ2v) is 5.65. The van der Waals surface area contributed by atoms with Crippen molar-refractivity contribution in [3.05, 3.63) is 35.3 Å². The van der Waals surface area contributed by atoms with Crippen molar-refractivity contribution in [1.29, 1.82) is 0 Å². The van der Waals surface area contributed by atoms with Gasteiger partial charge < -0.3 is 14.8 Å². The summed E-state index contributed by atoms with van der Waals surface area (Å²) in [5.41, 5.74) is 0.775. The van der Waals surface area contributed by atoms with E-state index in [0.717, 1.165) is 12.8 Å². The van der Waals surface area contributed by atoms with E-state index in [1.165, 1.54) is 6.07 Å². The molecule has 0 bridgehead atoms. The Balaban J connectivity index is 1.82. The molecule has 21 heavy (non-hydrogen) atoms. The molecule has 1 aromatic heterocycles. The lowest BCUT2D eigenvalue weighted by molar-refractivity contribution is 0.0844. The van der Waals surface area contributed by atoms with Gasteiger partial charge in [-0.25, -0.2) is 4.39 Å². The maximum atomic E-state index is 13.7. The highest BCUT2D eigenvalue weighted by atomic mass is 19.1. The first kappa shape index (κ1) is 14.1. The molecule has 1 aliphatic rings. The number of para-hydroxylation sites is 1. The van der Waals surface area contributed by atoms with Crippen molar-refractivity contribution in [3.63, 3.8) is 0 Å². The number of carbonyl (C=O) groups excluding carboxylic acids is 1. The van der Waals surface area contributed by atoms with Crippen molar-refractivity contribution in [2.75, 3.05) is 0 Å². The number of aliphatic hydroxyl groups is 1. The van der Waals surface area contributed by atoms with Gasteiger partial charge in [-0.15, -0.1) is 0 Å². The topological polar surface area (TPSA) is 62.5 Å². The predicted molar refractivity (Wildman–Crippen MR) is 76.6 cm³/mol. The molecular weight excluding hydrogens is 273 g/mol. The third-order valence-electron chi connectivity index (χ3n) is 4.15. The van der Waals surface area contributed by atoms with Gasteiger partial charge in [0.15, 0.2) is 17.2 Å². The van der Waals surface area contributed by atoms with Gasteiger partial charge in [0, 0.05) is 17.0 Å². The van der Waals surface area contributed by atoms with Crippen LogP contribution in [0.15, 0.2) is 22.6 Å². The molecule has 4 nitrogen and oxygen atoms in total. The number of nitrogens with one attached hydrogen (secondary N) is 1. The number of carbonyl (C=O) groups is 1. The highest BCUT2D eigenvalue weighted by Crippen LogP contribution is 2.27. The van der Waals surface area contributed by atoms with Crippen molar-refractivity contribution in [3.8, 4) is 0 Å². The lowest BCUT2D eigenvalue weighted by atomic mass is 9.93. The monoisotopic (exact) mass is 291 g/mol. The van der Waals surface area contributed by atoms with E-state index < -0.39 is 5.82 Å². The summed E-state index contributed by atoms with van der Waals surface area (Å²) in [5, 5.41) is 13.0. The first-order valence-corrected chi connectivity index (χ1v) is 7.23. The zero-order valence-corrected chi connectivity index (χ0v) is 11.9. The molecule has 112 valence electrons. The molecule has 2 N–H and O–H groups in total. The Kier molecular flexibility index (Phi) is 3.68. The van der Waals surface area contributed by atoms with E-state index >= 15 is 0 Å². The van der Waals surface area contributed by atoms with E-state index in [-0.39, 0.29) is 29.4 Å². The molecule has 3 rings (SSSR count). The van der Waals surface area contributed by atoms with Gasteiger partial charge in [-0.2, -0.15) is 0 Å². The molecule has 1 saturated carbocycles. The van der Waals surface area contributed by atoms with E-state index in [4.69, 9.17) is 4.42 Å². The van der Waals surface area contributed by atoms with Crippen LogP contribution in [0, 0.1) is 12.7 Å².